The first-order valence-electron chi connectivity index (χ1n) is 8.75. The highest BCUT2D eigenvalue weighted by molar-refractivity contribution is 8.00. The van der Waals surface area contributed by atoms with Crippen molar-refractivity contribution >= 4 is 40.2 Å². The molecule has 0 spiro atoms. The molecule has 1 aliphatic rings. The predicted octanol–water partition coefficient (Wildman–Crippen LogP) is 2.85. The number of hydrogen-bond acceptors (Lipinski definition) is 5. The number of nitrogens with one attached hydrogen (secondary N) is 1. The van der Waals surface area contributed by atoms with Gasteiger partial charge in [0.15, 0.2) is 5.16 Å². The van der Waals surface area contributed by atoms with Crippen molar-refractivity contribution < 1.29 is 9.53 Å². The summed E-state index contributed by atoms with van der Waals surface area (Å²) in [5, 5.41) is 3.98. The number of fused-ring (bicyclic) bond motifs is 1. The maximum absolute atomic E-state index is 13.0. The standard InChI is InChI=1S/C18H22ClN3O3S/c1-3-20-16(23)11(2)26-18-21-15-9-12(19)6-7-14(15)17(24)22(18)10-13-5-4-8-25-13/h6-7,9,11,13H,3-5,8,10H2,1-2H3,(H,20,23)/t11-,13-/m0/s1. The summed E-state index contributed by atoms with van der Waals surface area (Å²) in [5.41, 5.74) is 0.407. The van der Waals surface area contributed by atoms with Crippen molar-refractivity contribution in [2.24, 2.45) is 0 Å². The highest BCUT2D eigenvalue weighted by Crippen LogP contribution is 2.25. The summed E-state index contributed by atoms with van der Waals surface area (Å²) in [5.74, 6) is -0.0818. The Balaban J connectivity index is 2.02. The molecule has 1 fully saturated rings. The number of rotatable bonds is 6. The monoisotopic (exact) mass is 395 g/mol. The van der Waals surface area contributed by atoms with Gasteiger partial charge in [-0.25, -0.2) is 4.98 Å². The lowest BCUT2D eigenvalue weighted by atomic mass is 10.2. The Hall–Kier alpha value is -1.57. The Morgan fingerprint density at radius 2 is 2.35 bits per heavy atom. The highest BCUT2D eigenvalue weighted by Gasteiger charge is 2.23. The molecule has 1 aliphatic heterocycles. The van der Waals surface area contributed by atoms with Crippen LogP contribution in [-0.2, 0) is 16.1 Å². The van der Waals surface area contributed by atoms with E-state index in [1.807, 2.05) is 6.92 Å². The molecule has 0 saturated carbocycles. The van der Waals surface area contributed by atoms with E-state index in [0.29, 0.717) is 40.8 Å². The largest absolute Gasteiger partial charge is 0.376 e. The van der Waals surface area contributed by atoms with Gasteiger partial charge in [-0.15, -0.1) is 0 Å². The van der Waals surface area contributed by atoms with Crippen LogP contribution >= 0.6 is 23.4 Å². The van der Waals surface area contributed by atoms with Gasteiger partial charge in [-0.1, -0.05) is 23.4 Å². The minimum absolute atomic E-state index is 0.00150. The van der Waals surface area contributed by atoms with E-state index in [4.69, 9.17) is 16.3 Å². The zero-order valence-electron chi connectivity index (χ0n) is 14.8. The van der Waals surface area contributed by atoms with Gasteiger partial charge in [-0.3, -0.25) is 14.2 Å². The first-order valence-corrected chi connectivity index (χ1v) is 10.0. The van der Waals surface area contributed by atoms with E-state index in [0.717, 1.165) is 12.8 Å². The highest BCUT2D eigenvalue weighted by atomic mass is 35.5. The molecule has 2 atom stereocenters. The van der Waals surface area contributed by atoms with Crippen LogP contribution < -0.4 is 10.9 Å². The number of aromatic nitrogens is 2. The van der Waals surface area contributed by atoms with E-state index in [-0.39, 0.29) is 22.8 Å². The zero-order valence-corrected chi connectivity index (χ0v) is 16.4. The topological polar surface area (TPSA) is 73.2 Å². The van der Waals surface area contributed by atoms with Gasteiger partial charge in [0, 0.05) is 18.2 Å². The first kappa shape index (κ1) is 19.2. The van der Waals surface area contributed by atoms with Gasteiger partial charge in [0.2, 0.25) is 5.91 Å². The molecule has 1 aromatic heterocycles. The van der Waals surface area contributed by atoms with Crippen molar-refractivity contribution in [1.82, 2.24) is 14.9 Å². The number of amides is 1. The van der Waals surface area contributed by atoms with E-state index in [1.165, 1.54) is 11.8 Å². The zero-order chi connectivity index (χ0) is 18.7. The Kier molecular flexibility index (Phi) is 6.21. The summed E-state index contributed by atoms with van der Waals surface area (Å²) in [6.07, 6.45) is 1.91. The van der Waals surface area contributed by atoms with E-state index in [9.17, 15) is 9.59 Å². The van der Waals surface area contributed by atoms with Crippen molar-refractivity contribution in [3.05, 3.63) is 33.6 Å². The number of hydrogen-bond donors (Lipinski definition) is 1. The molecule has 6 nitrogen and oxygen atoms in total. The normalized spacial score (nSPS) is 18.2. The molecule has 0 unspecified atom stereocenters. The number of carbonyl (C=O) groups is 1. The molecule has 140 valence electrons. The Morgan fingerprint density at radius 3 is 3.04 bits per heavy atom. The number of ether oxygens (including phenoxy) is 1. The predicted molar refractivity (Wildman–Crippen MR) is 104 cm³/mol. The van der Waals surface area contributed by atoms with Crippen LogP contribution in [0.25, 0.3) is 10.9 Å². The number of thioether (sulfide) groups is 1. The van der Waals surface area contributed by atoms with Crippen LogP contribution in [0.1, 0.15) is 26.7 Å². The summed E-state index contributed by atoms with van der Waals surface area (Å²) in [6.45, 7) is 5.40. The van der Waals surface area contributed by atoms with Crippen molar-refractivity contribution in [1.29, 1.82) is 0 Å². The molecule has 1 N–H and O–H groups in total. The number of nitrogens with zero attached hydrogens (tertiary/aromatic N) is 2. The maximum Gasteiger partial charge on any atom is 0.262 e. The van der Waals surface area contributed by atoms with Crippen LogP contribution in [0.15, 0.2) is 28.2 Å². The van der Waals surface area contributed by atoms with Crippen LogP contribution in [0.5, 0.6) is 0 Å². The third-order valence-corrected chi connectivity index (χ3v) is 5.62. The quantitative estimate of drug-likeness (QED) is 0.601. The fourth-order valence-corrected chi connectivity index (χ4v) is 4.06. The Morgan fingerprint density at radius 1 is 1.54 bits per heavy atom. The molecular formula is C18H22ClN3O3S. The van der Waals surface area contributed by atoms with E-state index >= 15 is 0 Å². The lowest BCUT2D eigenvalue weighted by Gasteiger charge is -2.18. The maximum atomic E-state index is 13.0. The number of benzene rings is 1. The lowest BCUT2D eigenvalue weighted by Crippen LogP contribution is -2.33. The van der Waals surface area contributed by atoms with Crippen LogP contribution in [0.2, 0.25) is 5.02 Å². The summed E-state index contributed by atoms with van der Waals surface area (Å²) in [6, 6.07) is 5.06. The minimum Gasteiger partial charge on any atom is -0.376 e. The second-order valence-electron chi connectivity index (χ2n) is 6.26. The average Bonchev–Trinajstić information content (AvgIpc) is 3.11. The second-order valence-corrected chi connectivity index (χ2v) is 8.01. The summed E-state index contributed by atoms with van der Waals surface area (Å²) in [4.78, 5) is 29.8. The van der Waals surface area contributed by atoms with Gasteiger partial charge in [0.1, 0.15) is 0 Å². The summed E-state index contributed by atoms with van der Waals surface area (Å²) < 4.78 is 7.32. The van der Waals surface area contributed by atoms with E-state index in [1.54, 1.807) is 29.7 Å². The van der Waals surface area contributed by atoms with Crippen molar-refractivity contribution in [3.63, 3.8) is 0 Å². The molecule has 2 aromatic rings. The number of halogens is 1. The molecule has 0 aliphatic carbocycles. The first-order chi connectivity index (χ1) is 12.5. The van der Waals surface area contributed by atoms with Crippen LogP contribution in [0.3, 0.4) is 0 Å². The summed E-state index contributed by atoms with van der Waals surface area (Å²) >= 11 is 7.34. The molecule has 3 rings (SSSR count). The van der Waals surface area contributed by atoms with Crippen LogP contribution in [-0.4, -0.2) is 40.0 Å². The Labute approximate surface area is 161 Å². The second kappa shape index (κ2) is 8.41. The molecule has 1 aromatic carbocycles. The average molecular weight is 396 g/mol. The van der Waals surface area contributed by atoms with Gasteiger partial charge in [0.25, 0.3) is 5.56 Å². The smallest absolute Gasteiger partial charge is 0.262 e. The van der Waals surface area contributed by atoms with Gasteiger partial charge in [-0.2, -0.15) is 0 Å². The molecule has 0 radical (unpaired) electrons. The minimum atomic E-state index is -0.366. The van der Waals surface area contributed by atoms with E-state index in [2.05, 4.69) is 10.3 Å². The molecule has 1 saturated heterocycles. The van der Waals surface area contributed by atoms with Gasteiger partial charge < -0.3 is 10.1 Å². The Bertz CT molecular complexity index is 865. The molecular weight excluding hydrogens is 374 g/mol. The van der Waals surface area contributed by atoms with Gasteiger partial charge >= 0.3 is 0 Å². The third-order valence-electron chi connectivity index (χ3n) is 4.29. The molecule has 0 bridgehead atoms. The van der Waals surface area contributed by atoms with E-state index < -0.39 is 0 Å². The van der Waals surface area contributed by atoms with Crippen molar-refractivity contribution in [3.8, 4) is 0 Å². The molecule has 1 amide bonds. The van der Waals surface area contributed by atoms with Crippen molar-refractivity contribution in [2.45, 2.75) is 49.7 Å². The molecule has 8 heteroatoms. The SMILES string of the molecule is CCNC(=O)[C@H](C)Sc1nc2cc(Cl)ccc2c(=O)n1C[C@@H]1CCCO1. The van der Waals surface area contributed by atoms with Crippen LogP contribution in [0, 0.1) is 0 Å². The lowest BCUT2D eigenvalue weighted by molar-refractivity contribution is -0.120. The fraction of sp³-hybridized carbons (Fsp3) is 0.500. The molecule has 26 heavy (non-hydrogen) atoms. The van der Waals surface area contributed by atoms with Gasteiger partial charge in [-0.05, 0) is 44.9 Å². The summed E-state index contributed by atoms with van der Waals surface area (Å²) in [7, 11) is 0. The number of carbonyl (C=O) groups excluding carboxylic acids is 1. The fourth-order valence-electron chi connectivity index (χ4n) is 2.95. The van der Waals surface area contributed by atoms with Gasteiger partial charge in [0.05, 0.1) is 28.8 Å². The van der Waals surface area contributed by atoms with Crippen LogP contribution in [0.4, 0.5) is 0 Å². The van der Waals surface area contributed by atoms with Crippen molar-refractivity contribution in [2.75, 3.05) is 13.2 Å². The third kappa shape index (κ3) is 4.22. The molecule has 2 heterocycles.